The predicted octanol–water partition coefficient (Wildman–Crippen LogP) is 12.4. The van der Waals surface area contributed by atoms with Crippen molar-refractivity contribution in [3.63, 3.8) is 0 Å². The molecule has 0 aromatic heterocycles. The second-order valence-corrected chi connectivity index (χ2v) is 27.4. The van der Waals surface area contributed by atoms with Gasteiger partial charge >= 0.3 is 12.4 Å². The predicted molar refractivity (Wildman–Crippen MR) is 180 cm³/mol. The van der Waals surface area contributed by atoms with Crippen molar-refractivity contribution in [1.82, 2.24) is 0 Å². The molecule has 46 heavy (non-hydrogen) atoms. The van der Waals surface area contributed by atoms with E-state index in [2.05, 4.69) is 59.9 Å². The summed E-state index contributed by atoms with van der Waals surface area (Å²) in [5.74, 6) is 1.21. The molecule has 0 N–H and O–H groups in total. The molecule has 4 aliphatic rings. The zero-order valence-electron chi connectivity index (χ0n) is 30.2. The first kappa shape index (κ1) is 38.2. The van der Waals surface area contributed by atoms with E-state index in [4.69, 9.17) is 8.85 Å². The Hall–Kier alpha value is -0.586. The number of halogens is 6. The lowest BCUT2D eigenvalue weighted by Crippen LogP contribution is -2.62. The first-order valence-corrected chi connectivity index (χ1v) is 23.9. The van der Waals surface area contributed by atoms with E-state index in [0.29, 0.717) is 18.3 Å². The van der Waals surface area contributed by atoms with Crippen LogP contribution in [0.15, 0.2) is 23.3 Å². The topological polar surface area (TPSA) is 18.5 Å². The number of alkyl halides is 6. The van der Waals surface area contributed by atoms with Crippen LogP contribution in [-0.4, -0.2) is 40.7 Å². The van der Waals surface area contributed by atoms with E-state index in [-0.39, 0.29) is 40.2 Å². The Balaban J connectivity index is 1.48. The maximum Gasteiger partial charge on any atom is 0.425 e. The molecular weight excluding hydrogens is 635 g/mol. The number of rotatable bonds is 9. The summed E-state index contributed by atoms with van der Waals surface area (Å²) in [6.07, 6.45) is 0.382. The average Bonchev–Trinajstić information content (AvgIpc) is 3.22. The Bertz CT molecular complexity index is 1160. The quantitative estimate of drug-likeness (QED) is 0.177. The van der Waals surface area contributed by atoms with E-state index in [1.54, 1.807) is 0 Å². The lowest BCUT2D eigenvalue weighted by atomic mass is 9.50. The fraction of sp³-hybridized carbons (Fsp3) is 0.889. The summed E-state index contributed by atoms with van der Waals surface area (Å²) in [4.78, 5) is 0. The highest BCUT2D eigenvalue weighted by atomic mass is 28.4. The van der Waals surface area contributed by atoms with E-state index >= 15 is 0 Å². The number of allylic oxidation sites excluding steroid dienone is 3. The number of hydrogen-bond acceptors (Lipinski definition) is 2. The lowest BCUT2D eigenvalue weighted by molar-refractivity contribution is -0.362. The van der Waals surface area contributed by atoms with Crippen LogP contribution in [0.1, 0.15) is 106 Å². The molecule has 266 valence electrons. The van der Waals surface area contributed by atoms with Crippen molar-refractivity contribution in [2.75, 3.05) is 0 Å². The van der Waals surface area contributed by atoms with E-state index in [1.807, 2.05) is 6.92 Å². The van der Waals surface area contributed by atoms with Crippen molar-refractivity contribution in [1.29, 1.82) is 0 Å². The monoisotopic (exact) mass is 694 g/mol. The second kappa shape index (κ2) is 12.3. The van der Waals surface area contributed by atoms with Crippen LogP contribution < -0.4 is 0 Å². The summed E-state index contributed by atoms with van der Waals surface area (Å²) in [5.41, 5.74) is -0.925. The molecule has 0 aromatic carbocycles. The van der Waals surface area contributed by atoms with Gasteiger partial charge in [0.25, 0.3) is 0 Å². The van der Waals surface area contributed by atoms with Crippen molar-refractivity contribution in [2.24, 2.45) is 34.5 Å². The summed E-state index contributed by atoms with van der Waals surface area (Å²) in [6.45, 7) is 22.5. The minimum Gasteiger partial charge on any atom is -0.414 e. The summed E-state index contributed by atoms with van der Waals surface area (Å²) in [6, 6.07) is 0. The third kappa shape index (κ3) is 6.90. The Morgan fingerprint density at radius 1 is 0.848 bits per heavy atom. The third-order valence-corrected chi connectivity index (χ3v) is 18.6. The van der Waals surface area contributed by atoms with Gasteiger partial charge in [-0.1, -0.05) is 71.3 Å². The fourth-order valence-electron chi connectivity index (χ4n) is 9.65. The maximum absolute atomic E-state index is 14.1. The first-order chi connectivity index (χ1) is 20.7. The highest BCUT2D eigenvalue weighted by Gasteiger charge is 2.72. The van der Waals surface area contributed by atoms with E-state index < -0.39 is 41.0 Å². The van der Waals surface area contributed by atoms with Gasteiger partial charge in [-0.3, -0.25) is 0 Å². The summed E-state index contributed by atoms with van der Waals surface area (Å²) < 4.78 is 96.6. The van der Waals surface area contributed by atoms with Gasteiger partial charge in [0.1, 0.15) is 0 Å². The fourth-order valence-corrected chi connectivity index (χ4v) is 12.4. The highest BCUT2D eigenvalue weighted by molar-refractivity contribution is 6.74. The van der Waals surface area contributed by atoms with Crippen molar-refractivity contribution in [2.45, 2.75) is 168 Å². The van der Waals surface area contributed by atoms with Crippen molar-refractivity contribution >= 4 is 16.6 Å². The summed E-state index contributed by atoms with van der Waals surface area (Å²) >= 11 is 0. The molecule has 4 rings (SSSR count). The average molecular weight is 695 g/mol. The zero-order chi connectivity index (χ0) is 34.9. The van der Waals surface area contributed by atoms with E-state index in [0.717, 1.165) is 44.9 Å². The molecule has 0 spiro atoms. The molecule has 3 saturated carbocycles. The molecule has 10 heteroatoms. The highest BCUT2D eigenvalue weighted by Crippen LogP contribution is 2.66. The smallest absolute Gasteiger partial charge is 0.414 e. The SMILES string of the molecule is C[C@@H](CCCC(O[Si](C)(C)C)(C(F)(F)F)C(F)(F)F)[C@H]1CC[C@H]2C3=CC=C4C[C@@H](O[Si](C)(C)C(C)(C)C)CC[C@]4(C)[C@H]3CC[C@]12C. The van der Waals surface area contributed by atoms with Gasteiger partial charge in [-0.05, 0) is 130 Å². The first-order valence-electron chi connectivity index (χ1n) is 17.6. The van der Waals surface area contributed by atoms with Crippen molar-refractivity contribution < 1.29 is 35.2 Å². The molecule has 0 amide bonds. The molecule has 7 atom stereocenters. The number of fused-ring (bicyclic) bond motifs is 5. The Labute approximate surface area is 276 Å². The standard InChI is InChI=1S/C36H60F6O2Si2/c1-24(13-12-20-34(35(37,38)39,36(40,41)42)44-45(7,8)9)28-16-17-29-27-15-14-25-23-26(43-46(10,11)31(2,3)4)18-21-32(25,5)30(27)19-22-33(28,29)6/h14-15,24,26,28-30H,12-13,16-23H2,1-11H3/t24-,26-,28+,29-,30-,32-,33+/m0/s1. The molecule has 0 unspecified atom stereocenters. The van der Waals surface area contributed by atoms with Crippen LogP contribution in [0.3, 0.4) is 0 Å². The Morgan fingerprint density at radius 3 is 2.00 bits per heavy atom. The van der Waals surface area contributed by atoms with Crippen LogP contribution in [0, 0.1) is 34.5 Å². The van der Waals surface area contributed by atoms with Gasteiger partial charge in [-0.25, -0.2) is 0 Å². The van der Waals surface area contributed by atoms with Gasteiger partial charge in [0, 0.05) is 6.10 Å². The molecule has 3 fully saturated rings. The molecule has 0 bridgehead atoms. The lowest BCUT2D eigenvalue weighted by Gasteiger charge is -2.56. The van der Waals surface area contributed by atoms with Crippen LogP contribution >= 0.6 is 0 Å². The van der Waals surface area contributed by atoms with Crippen LogP contribution in [0.5, 0.6) is 0 Å². The van der Waals surface area contributed by atoms with Gasteiger partial charge in [-0.15, -0.1) is 0 Å². The second-order valence-electron chi connectivity index (χ2n) is 18.3. The van der Waals surface area contributed by atoms with Crippen LogP contribution in [0.4, 0.5) is 26.3 Å². The zero-order valence-corrected chi connectivity index (χ0v) is 32.2. The maximum atomic E-state index is 14.1. The van der Waals surface area contributed by atoms with Crippen LogP contribution in [0.2, 0.25) is 37.8 Å². The third-order valence-electron chi connectivity index (χ3n) is 13.1. The van der Waals surface area contributed by atoms with Crippen LogP contribution in [0.25, 0.3) is 0 Å². The van der Waals surface area contributed by atoms with Gasteiger partial charge in [0.15, 0.2) is 16.6 Å². The van der Waals surface area contributed by atoms with Gasteiger partial charge in [0.2, 0.25) is 5.60 Å². The minimum absolute atomic E-state index is 0.00602. The van der Waals surface area contributed by atoms with Crippen LogP contribution in [-0.2, 0) is 8.85 Å². The molecule has 2 nitrogen and oxygen atoms in total. The molecule has 4 aliphatic carbocycles. The number of hydrogen-bond donors (Lipinski definition) is 0. The largest absolute Gasteiger partial charge is 0.425 e. The molecule has 0 aliphatic heterocycles. The normalized spacial score (nSPS) is 33.5. The molecular formula is C36H60F6O2Si2. The van der Waals surface area contributed by atoms with E-state index in [1.165, 1.54) is 30.8 Å². The van der Waals surface area contributed by atoms with Gasteiger partial charge in [0.05, 0.1) is 0 Å². The van der Waals surface area contributed by atoms with Gasteiger partial charge in [-0.2, -0.15) is 26.3 Å². The Kier molecular flexibility index (Phi) is 10.2. The molecule has 0 radical (unpaired) electrons. The minimum atomic E-state index is -5.52. The summed E-state index contributed by atoms with van der Waals surface area (Å²) in [7, 11) is -5.03. The van der Waals surface area contributed by atoms with Crippen molar-refractivity contribution in [3.8, 4) is 0 Å². The molecule has 0 saturated heterocycles. The molecule has 0 heterocycles. The summed E-state index contributed by atoms with van der Waals surface area (Å²) in [5, 5.41) is 0.174. The molecule has 0 aromatic rings. The van der Waals surface area contributed by atoms with Gasteiger partial charge < -0.3 is 8.85 Å². The van der Waals surface area contributed by atoms with Crippen molar-refractivity contribution in [3.05, 3.63) is 23.3 Å². The Morgan fingerprint density at radius 2 is 1.46 bits per heavy atom. The van der Waals surface area contributed by atoms with E-state index in [9.17, 15) is 26.3 Å².